The van der Waals surface area contributed by atoms with Crippen LogP contribution in [0.2, 0.25) is 0 Å². The van der Waals surface area contributed by atoms with Crippen LogP contribution in [0.5, 0.6) is 0 Å². The minimum absolute atomic E-state index is 0.0155. The van der Waals surface area contributed by atoms with Crippen molar-refractivity contribution in [2.45, 2.75) is 63.9 Å². The largest absolute Gasteiger partial charge is 0.385 e. The summed E-state index contributed by atoms with van der Waals surface area (Å²) in [6, 6.07) is 0. The van der Waals surface area contributed by atoms with Gasteiger partial charge in [0.25, 0.3) is 0 Å². The summed E-state index contributed by atoms with van der Waals surface area (Å²) in [5.41, 5.74) is 0.793. The van der Waals surface area contributed by atoms with E-state index in [2.05, 4.69) is 13.5 Å². The third kappa shape index (κ3) is 1.79. The molecule has 0 aromatic heterocycles. The normalized spacial score (nSPS) is 50.6. The van der Waals surface area contributed by atoms with Crippen molar-refractivity contribution in [1.82, 2.24) is 0 Å². The first kappa shape index (κ1) is 14.7. The molecule has 0 unspecified atom stereocenters. The van der Waals surface area contributed by atoms with Gasteiger partial charge >= 0.3 is 0 Å². The van der Waals surface area contributed by atoms with E-state index >= 15 is 0 Å². The van der Waals surface area contributed by atoms with Gasteiger partial charge in [0, 0.05) is 11.8 Å². The smallest absolute Gasteiger partial charge is 0.155 e. The Morgan fingerprint density at radius 1 is 1.18 bits per heavy atom. The Balaban J connectivity index is 1.65. The van der Waals surface area contributed by atoms with Crippen molar-refractivity contribution in [3.8, 4) is 0 Å². The zero-order chi connectivity index (χ0) is 15.5. The second-order valence-corrected chi connectivity index (χ2v) is 8.43. The maximum atomic E-state index is 11.7. The van der Waals surface area contributed by atoms with Crippen LogP contribution in [0.3, 0.4) is 0 Å². The van der Waals surface area contributed by atoms with Crippen LogP contribution < -0.4 is 0 Å². The maximum absolute atomic E-state index is 11.7. The zero-order valence-electron chi connectivity index (χ0n) is 13.7. The predicted octanol–water partition coefficient (Wildman–Crippen LogP) is 4.05. The van der Waals surface area contributed by atoms with Gasteiger partial charge in [-0.1, -0.05) is 18.6 Å². The minimum Gasteiger partial charge on any atom is -0.385 e. The lowest BCUT2D eigenvalue weighted by atomic mass is 9.50. The molecule has 4 aliphatic rings. The van der Waals surface area contributed by atoms with Crippen molar-refractivity contribution in [1.29, 1.82) is 0 Å². The molecule has 1 N–H and O–H groups in total. The summed E-state index contributed by atoms with van der Waals surface area (Å²) in [7, 11) is 0. The van der Waals surface area contributed by atoms with Crippen LogP contribution in [0, 0.1) is 29.1 Å². The molecule has 0 bridgehead atoms. The molecule has 0 amide bonds. The van der Waals surface area contributed by atoms with Crippen molar-refractivity contribution in [3.05, 3.63) is 24.3 Å². The molecule has 6 atom stereocenters. The van der Waals surface area contributed by atoms with Crippen molar-refractivity contribution >= 4 is 5.78 Å². The van der Waals surface area contributed by atoms with Gasteiger partial charge in [0.05, 0.1) is 5.60 Å². The van der Waals surface area contributed by atoms with E-state index in [-0.39, 0.29) is 5.41 Å². The fraction of sp³-hybridized carbons (Fsp3) is 0.750. The Labute approximate surface area is 133 Å². The Hall–Kier alpha value is -0.890. The molecule has 0 heterocycles. The number of carbonyl (C=O) groups is 1. The molecule has 0 aromatic carbocycles. The quantitative estimate of drug-likeness (QED) is 0.742. The summed E-state index contributed by atoms with van der Waals surface area (Å²) in [6.07, 6.45) is 12.3. The zero-order valence-corrected chi connectivity index (χ0v) is 13.7. The number of allylic oxidation sites excluding steroid dienone is 1. The van der Waals surface area contributed by atoms with Crippen LogP contribution in [0.25, 0.3) is 0 Å². The fourth-order valence-corrected chi connectivity index (χ4v) is 6.57. The molecule has 2 heteroatoms. The molecule has 4 rings (SSSR count). The van der Waals surface area contributed by atoms with E-state index < -0.39 is 5.60 Å². The summed E-state index contributed by atoms with van der Waals surface area (Å²) < 4.78 is 0. The second-order valence-electron chi connectivity index (χ2n) is 8.43. The van der Waals surface area contributed by atoms with Gasteiger partial charge in [-0.15, -0.1) is 6.58 Å². The van der Waals surface area contributed by atoms with Crippen LogP contribution in [0.4, 0.5) is 0 Å². The first-order valence-electron chi connectivity index (χ1n) is 9.08. The maximum Gasteiger partial charge on any atom is 0.155 e. The fourth-order valence-electron chi connectivity index (χ4n) is 6.57. The number of carbonyl (C=O) groups excluding carboxylic acids is 1. The van der Waals surface area contributed by atoms with Crippen LogP contribution in [-0.2, 0) is 4.79 Å². The highest BCUT2D eigenvalue weighted by molar-refractivity contribution is 5.91. The topological polar surface area (TPSA) is 37.3 Å². The molecule has 0 aliphatic heterocycles. The van der Waals surface area contributed by atoms with Gasteiger partial charge in [0.15, 0.2) is 5.78 Å². The first-order chi connectivity index (χ1) is 10.5. The number of hydrogen-bond donors (Lipinski definition) is 1. The number of hydrogen-bond acceptors (Lipinski definition) is 2. The van der Waals surface area contributed by atoms with Crippen molar-refractivity contribution in [3.63, 3.8) is 0 Å². The van der Waals surface area contributed by atoms with E-state index in [0.29, 0.717) is 17.6 Å². The monoisotopic (exact) mass is 300 g/mol. The standard InChI is InChI=1S/C20H28O2/c1-3-20(22)11-9-18-17-6-4-13-12-14(21)5-7-15(13)16(17)8-10-19(18,20)2/h3,12,15-18,22H,1,4-11H2,2H3/t15-,16+,17-,18+,19+,20-/m1/s1. The molecule has 3 saturated carbocycles. The Morgan fingerprint density at radius 3 is 2.77 bits per heavy atom. The van der Waals surface area contributed by atoms with Gasteiger partial charge in [-0.2, -0.15) is 0 Å². The molecule has 3 fully saturated rings. The van der Waals surface area contributed by atoms with Gasteiger partial charge in [-0.3, -0.25) is 4.79 Å². The average Bonchev–Trinajstić information content (AvgIpc) is 2.79. The van der Waals surface area contributed by atoms with Gasteiger partial charge < -0.3 is 5.11 Å². The van der Waals surface area contributed by atoms with Gasteiger partial charge in [0.2, 0.25) is 0 Å². The highest BCUT2D eigenvalue weighted by atomic mass is 16.3. The molecule has 22 heavy (non-hydrogen) atoms. The van der Waals surface area contributed by atoms with Crippen LogP contribution in [0.1, 0.15) is 58.3 Å². The summed E-state index contributed by atoms with van der Waals surface area (Å²) in [5.74, 6) is 3.11. The van der Waals surface area contributed by atoms with Crippen LogP contribution >= 0.6 is 0 Å². The lowest BCUT2D eigenvalue weighted by molar-refractivity contribution is -0.116. The lowest BCUT2D eigenvalue weighted by Crippen LogP contribution is -2.51. The summed E-state index contributed by atoms with van der Waals surface area (Å²) in [4.78, 5) is 11.7. The van der Waals surface area contributed by atoms with Gasteiger partial charge in [-0.25, -0.2) is 0 Å². The summed E-state index contributed by atoms with van der Waals surface area (Å²) >= 11 is 0. The second kappa shape index (κ2) is 4.80. The highest BCUT2D eigenvalue weighted by Crippen LogP contribution is 2.65. The van der Waals surface area contributed by atoms with E-state index in [0.717, 1.165) is 50.4 Å². The molecule has 4 aliphatic carbocycles. The van der Waals surface area contributed by atoms with Crippen molar-refractivity contribution in [2.75, 3.05) is 0 Å². The number of aliphatic hydroxyl groups is 1. The molecule has 120 valence electrons. The molecular formula is C20H28O2. The first-order valence-corrected chi connectivity index (χ1v) is 9.08. The third-order valence-corrected chi connectivity index (χ3v) is 7.85. The van der Waals surface area contributed by atoms with E-state index in [1.165, 1.54) is 18.4 Å². The third-order valence-electron chi connectivity index (χ3n) is 7.85. The number of rotatable bonds is 1. The van der Waals surface area contributed by atoms with Gasteiger partial charge in [0.1, 0.15) is 0 Å². The summed E-state index contributed by atoms with van der Waals surface area (Å²) in [5, 5.41) is 11.0. The van der Waals surface area contributed by atoms with Crippen molar-refractivity contribution in [2.24, 2.45) is 29.1 Å². The van der Waals surface area contributed by atoms with E-state index in [9.17, 15) is 9.90 Å². The summed E-state index contributed by atoms with van der Waals surface area (Å²) in [6.45, 7) is 6.24. The number of fused-ring (bicyclic) bond motifs is 5. The lowest BCUT2D eigenvalue weighted by Gasteiger charge is -2.55. The van der Waals surface area contributed by atoms with Crippen LogP contribution in [0.15, 0.2) is 24.3 Å². The molecule has 0 saturated heterocycles. The SMILES string of the molecule is C=C[C@@]1(O)CC[C@H]2[C@@H]3CCC4=CC(=O)CC[C@H]4[C@@H]3CC[C@@]21C. The molecule has 0 spiro atoms. The minimum atomic E-state index is -0.665. The Bertz CT molecular complexity index is 548. The van der Waals surface area contributed by atoms with E-state index in [1.54, 1.807) is 0 Å². The average molecular weight is 300 g/mol. The van der Waals surface area contributed by atoms with E-state index in [1.807, 2.05) is 12.2 Å². The van der Waals surface area contributed by atoms with E-state index in [4.69, 9.17) is 0 Å². The Kier molecular flexibility index (Phi) is 3.21. The van der Waals surface area contributed by atoms with Crippen LogP contribution in [-0.4, -0.2) is 16.5 Å². The predicted molar refractivity (Wildman–Crippen MR) is 87.2 cm³/mol. The molecule has 0 aromatic rings. The van der Waals surface area contributed by atoms with Gasteiger partial charge in [-0.05, 0) is 74.7 Å². The molecule has 0 radical (unpaired) electrons. The Morgan fingerprint density at radius 2 is 2.00 bits per heavy atom. The highest BCUT2D eigenvalue weighted by Gasteiger charge is 2.61. The number of ketones is 1. The molecular weight excluding hydrogens is 272 g/mol. The van der Waals surface area contributed by atoms with Crippen molar-refractivity contribution < 1.29 is 9.90 Å². The molecule has 2 nitrogen and oxygen atoms in total.